The van der Waals surface area contributed by atoms with Crippen molar-refractivity contribution in [1.82, 2.24) is 9.97 Å². The SMILES string of the molecule is C[C@H]1CCN1c1nc(-c2ccc(C3(N)COC3)cc2)c2c(n1)C(F)(F)CC2. The molecule has 2 fully saturated rings. The second-order valence-corrected chi connectivity index (χ2v) is 7.96. The van der Waals surface area contributed by atoms with Crippen LogP contribution in [-0.4, -0.2) is 35.8 Å². The molecule has 2 N–H and O–H groups in total. The van der Waals surface area contributed by atoms with Gasteiger partial charge in [-0.2, -0.15) is 8.78 Å². The minimum absolute atomic E-state index is 0.103. The standard InChI is InChI=1S/C20H22F2N4O/c1-12-7-9-26(12)18-24-16(15-6-8-20(21,22)17(15)25-18)13-2-4-14(5-3-13)19(23)10-27-11-19/h2-5,12H,6-11,23H2,1H3/t12-/m0/s1. The van der Waals surface area contributed by atoms with Crippen LogP contribution in [-0.2, 0) is 22.6 Å². The average molecular weight is 372 g/mol. The van der Waals surface area contributed by atoms with E-state index < -0.39 is 11.5 Å². The van der Waals surface area contributed by atoms with Crippen molar-refractivity contribution in [3.63, 3.8) is 0 Å². The maximum absolute atomic E-state index is 14.4. The quantitative estimate of drug-likeness (QED) is 0.897. The zero-order valence-electron chi connectivity index (χ0n) is 15.2. The minimum Gasteiger partial charge on any atom is -0.377 e. The molecule has 5 nitrogen and oxygen atoms in total. The Morgan fingerprint density at radius 3 is 2.48 bits per heavy atom. The van der Waals surface area contributed by atoms with Crippen LogP contribution in [0, 0.1) is 0 Å². The summed E-state index contributed by atoms with van der Waals surface area (Å²) in [4.78, 5) is 11.0. The summed E-state index contributed by atoms with van der Waals surface area (Å²) < 4.78 is 34.1. The molecule has 1 aromatic carbocycles. The molecule has 5 rings (SSSR count). The van der Waals surface area contributed by atoms with Gasteiger partial charge in [0.25, 0.3) is 5.92 Å². The Labute approximate surface area is 156 Å². The molecule has 2 saturated heterocycles. The number of nitrogens with zero attached hydrogens (tertiary/aromatic N) is 3. The van der Waals surface area contributed by atoms with E-state index in [9.17, 15) is 8.78 Å². The van der Waals surface area contributed by atoms with E-state index in [2.05, 4.69) is 11.9 Å². The average Bonchev–Trinajstić information content (AvgIpc) is 2.93. The molecule has 3 aliphatic rings. The Kier molecular flexibility index (Phi) is 3.58. The zero-order valence-corrected chi connectivity index (χ0v) is 15.2. The highest BCUT2D eigenvalue weighted by Gasteiger charge is 2.44. The molecule has 1 aliphatic carbocycles. The first-order chi connectivity index (χ1) is 12.9. The van der Waals surface area contributed by atoms with Gasteiger partial charge in [-0.3, -0.25) is 0 Å². The molecule has 2 aromatic rings. The van der Waals surface area contributed by atoms with Crippen LogP contribution in [0.25, 0.3) is 11.3 Å². The van der Waals surface area contributed by atoms with E-state index in [-0.39, 0.29) is 18.2 Å². The van der Waals surface area contributed by atoms with Crippen LogP contribution in [0.2, 0.25) is 0 Å². The van der Waals surface area contributed by atoms with Gasteiger partial charge in [0.1, 0.15) is 5.69 Å². The van der Waals surface area contributed by atoms with Crippen molar-refractivity contribution < 1.29 is 13.5 Å². The Bertz CT molecular complexity index is 896. The number of hydrogen-bond acceptors (Lipinski definition) is 5. The summed E-state index contributed by atoms with van der Waals surface area (Å²) in [6.07, 6.45) is 1.12. The molecular weight excluding hydrogens is 350 g/mol. The van der Waals surface area contributed by atoms with Gasteiger partial charge in [0, 0.05) is 30.1 Å². The van der Waals surface area contributed by atoms with Gasteiger partial charge in [0.2, 0.25) is 5.95 Å². The highest BCUT2D eigenvalue weighted by molar-refractivity contribution is 5.67. The summed E-state index contributed by atoms with van der Waals surface area (Å²) in [6, 6.07) is 8.02. The van der Waals surface area contributed by atoms with E-state index in [0.717, 1.165) is 24.1 Å². The maximum Gasteiger partial charge on any atom is 0.290 e. The number of alkyl halides is 2. The lowest BCUT2D eigenvalue weighted by atomic mass is 9.88. The molecule has 7 heteroatoms. The van der Waals surface area contributed by atoms with Gasteiger partial charge in [0.05, 0.1) is 24.4 Å². The van der Waals surface area contributed by atoms with Gasteiger partial charge < -0.3 is 15.4 Å². The van der Waals surface area contributed by atoms with E-state index in [1.807, 2.05) is 29.2 Å². The van der Waals surface area contributed by atoms with Crippen LogP contribution in [0.1, 0.15) is 36.6 Å². The van der Waals surface area contributed by atoms with Crippen LogP contribution < -0.4 is 10.6 Å². The van der Waals surface area contributed by atoms with Gasteiger partial charge in [-0.15, -0.1) is 0 Å². The third-order valence-corrected chi connectivity index (χ3v) is 6.06. The first-order valence-electron chi connectivity index (χ1n) is 9.41. The van der Waals surface area contributed by atoms with Crippen molar-refractivity contribution in [2.75, 3.05) is 24.7 Å². The Morgan fingerprint density at radius 2 is 1.93 bits per heavy atom. The predicted octanol–water partition coefficient (Wildman–Crippen LogP) is 2.96. The second-order valence-electron chi connectivity index (χ2n) is 7.96. The summed E-state index contributed by atoms with van der Waals surface area (Å²) in [7, 11) is 0. The number of ether oxygens (including phenoxy) is 1. The molecule has 142 valence electrons. The Hall–Kier alpha value is -2.12. The number of aromatic nitrogens is 2. The van der Waals surface area contributed by atoms with Crippen LogP contribution in [0.15, 0.2) is 24.3 Å². The van der Waals surface area contributed by atoms with Crippen LogP contribution in [0.5, 0.6) is 0 Å². The lowest BCUT2D eigenvalue weighted by Crippen LogP contribution is -2.54. The van der Waals surface area contributed by atoms with E-state index >= 15 is 0 Å². The Balaban J connectivity index is 1.59. The molecular formula is C20H22F2N4O. The molecule has 3 heterocycles. The largest absolute Gasteiger partial charge is 0.377 e. The molecule has 0 radical (unpaired) electrons. The molecule has 0 amide bonds. The van der Waals surface area contributed by atoms with Crippen molar-refractivity contribution in [1.29, 1.82) is 0 Å². The van der Waals surface area contributed by atoms with Crippen molar-refractivity contribution in [2.45, 2.75) is 43.7 Å². The smallest absolute Gasteiger partial charge is 0.290 e. The van der Waals surface area contributed by atoms with Crippen LogP contribution in [0.3, 0.4) is 0 Å². The van der Waals surface area contributed by atoms with Crippen LogP contribution in [0.4, 0.5) is 14.7 Å². The molecule has 1 atom stereocenters. The summed E-state index contributed by atoms with van der Waals surface area (Å²) in [5, 5.41) is 0. The molecule has 0 saturated carbocycles. The van der Waals surface area contributed by atoms with Gasteiger partial charge in [-0.1, -0.05) is 24.3 Å². The second kappa shape index (κ2) is 5.69. The predicted molar refractivity (Wildman–Crippen MR) is 97.8 cm³/mol. The number of nitrogens with two attached hydrogens (primary N) is 1. The zero-order chi connectivity index (χ0) is 18.8. The maximum atomic E-state index is 14.4. The molecule has 2 aliphatic heterocycles. The number of fused-ring (bicyclic) bond motifs is 1. The normalized spacial score (nSPS) is 24.9. The fraction of sp³-hybridized carbons (Fsp3) is 0.500. The molecule has 1 aromatic heterocycles. The summed E-state index contributed by atoms with van der Waals surface area (Å²) in [5.41, 5.74) is 8.74. The number of anilines is 1. The lowest BCUT2D eigenvalue weighted by molar-refractivity contribution is -0.0569. The van der Waals surface area contributed by atoms with Gasteiger partial charge in [0.15, 0.2) is 0 Å². The number of hydrogen-bond donors (Lipinski definition) is 1. The summed E-state index contributed by atoms with van der Waals surface area (Å²) in [6.45, 7) is 3.87. The molecule has 0 bridgehead atoms. The Morgan fingerprint density at radius 1 is 1.19 bits per heavy atom. The fourth-order valence-corrected chi connectivity index (χ4v) is 4.04. The number of benzene rings is 1. The molecule has 0 unspecified atom stereocenters. The lowest BCUT2D eigenvalue weighted by Gasteiger charge is -2.39. The third kappa shape index (κ3) is 2.56. The van der Waals surface area contributed by atoms with Crippen LogP contribution >= 0.6 is 0 Å². The van der Waals surface area contributed by atoms with E-state index in [0.29, 0.717) is 36.8 Å². The highest BCUT2D eigenvalue weighted by Crippen LogP contribution is 2.45. The third-order valence-electron chi connectivity index (χ3n) is 6.06. The van der Waals surface area contributed by atoms with Crippen molar-refractivity contribution >= 4 is 5.95 Å². The van der Waals surface area contributed by atoms with Crippen molar-refractivity contribution in [2.24, 2.45) is 5.73 Å². The first-order valence-corrected chi connectivity index (χ1v) is 9.41. The number of halogens is 2. The topological polar surface area (TPSA) is 64.3 Å². The van der Waals surface area contributed by atoms with E-state index in [1.165, 1.54) is 0 Å². The molecule has 27 heavy (non-hydrogen) atoms. The summed E-state index contributed by atoms with van der Waals surface area (Å²) >= 11 is 0. The van der Waals surface area contributed by atoms with Gasteiger partial charge >= 0.3 is 0 Å². The van der Waals surface area contributed by atoms with Gasteiger partial charge in [-0.25, -0.2) is 9.97 Å². The van der Waals surface area contributed by atoms with E-state index in [1.54, 1.807) is 0 Å². The number of rotatable bonds is 3. The summed E-state index contributed by atoms with van der Waals surface area (Å²) in [5.74, 6) is -2.48. The van der Waals surface area contributed by atoms with E-state index in [4.69, 9.17) is 15.5 Å². The fourth-order valence-electron chi connectivity index (χ4n) is 4.04. The molecule has 0 spiro atoms. The monoisotopic (exact) mass is 372 g/mol. The first kappa shape index (κ1) is 17.0. The van der Waals surface area contributed by atoms with Crippen molar-refractivity contribution in [3.8, 4) is 11.3 Å². The minimum atomic E-state index is -2.89. The van der Waals surface area contributed by atoms with Gasteiger partial charge in [-0.05, 0) is 25.3 Å². The van der Waals surface area contributed by atoms with Crippen molar-refractivity contribution in [3.05, 3.63) is 41.1 Å². The highest BCUT2D eigenvalue weighted by atomic mass is 19.3.